The van der Waals surface area contributed by atoms with Gasteiger partial charge in [-0.3, -0.25) is 19.5 Å². The molecule has 0 saturated carbocycles. The molecule has 0 fully saturated rings. The van der Waals surface area contributed by atoms with Gasteiger partial charge < -0.3 is 0 Å². The molecule has 0 N–H and O–H groups in total. The van der Waals surface area contributed by atoms with Crippen molar-refractivity contribution in [2.45, 2.75) is 0 Å². The van der Waals surface area contributed by atoms with Crippen LogP contribution in [-0.4, -0.2) is 14.5 Å². The number of benzene rings is 2. The van der Waals surface area contributed by atoms with E-state index in [1.807, 2.05) is 0 Å². The molecule has 0 aliphatic rings. The largest absolute Gasteiger partial charge is 0.271 e. The minimum Gasteiger partial charge on any atom is -0.268 e. The summed E-state index contributed by atoms with van der Waals surface area (Å²) >= 11 is 6.04. The number of para-hydroxylation sites is 1. The molecule has 0 unspecified atom stereocenters. The Hall–Kier alpha value is -2.73. The third-order valence-corrected chi connectivity index (χ3v) is 3.37. The van der Waals surface area contributed by atoms with Gasteiger partial charge in [0, 0.05) is 12.1 Å². The second-order valence-corrected chi connectivity index (χ2v) is 4.74. The molecule has 2 aromatic carbocycles. The molecule has 104 valence electrons. The number of halogens is 1. The molecule has 0 atom stereocenters. The van der Waals surface area contributed by atoms with E-state index in [2.05, 4.69) is 4.98 Å². The number of rotatable bonds is 2. The van der Waals surface area contributed by atoms with E-state index in [1.54, 1.807) is 24.3 Å². The Morgan fingerprint density at radius 1 is 1.19 bits per heavy atom. The van der Waals surface area contributed by atoms with Crippen molar-refractivity contribution in [3.8, 4) is 5.69 Å². The maximum absolute atomic E-state index is 12.4. The lowest BCUT2D eigenvalue weighted by Crippen LogP contribution is -2.19. The van der Waals surface area contributed by atoms with Crippen molar-refractivity contribution >= 4 is 28.2 Å². The van der Waals surface area contributed by atoms with E-state index in [9.17, 15) is 14.9 Å². The molecule has 3 rings (SSSR count). The summed E-state index contributed by atoms with van der Waals surface area (Å²) in [4.78, 5) is 26.8. The van der Waals surface area contributed by atoms with Gasteiger partial charge in [-0.2, -0.15) is 0 Å². The van der Waals surface area contributed by atoms with E-state index in [-0.39, 0.29) is 16.3 Å². The van der Waals surface area contributed by atoms with E-state index in [0.29, 0.717) is 16.6 Å². The average Bonchev–Trinajstić information content (AvgIpc) is 2.48. The first kappa shape index (κ1) is 13.3. The lowest BCUT2D eigenvalue weighted by Gasteiger charge is -2.08. The number of non-ortho nitro benzene ring substituents is 1. The lowest BCUT2D eigenvalue weighted by atomic mass is 10.2. The quantitative estimate of drug-likeness (QED) is 0.538. The fraction of sp³-hybridized carbons (Fsp3) is 0. The SMILES string of the molecule is O=c1c2ccccc2ncn1-c1ccc([N+](=O)[O-])cc1Cl. The summed E-state index contributed by atoms with van der Waals surface area (Å²) < 4.78 is 1.27. The topological polar surface area (TPSA) is 78.0 Å². The number of hydrogen-bond acceptors (Lipinski definition) is 4. The fourth-order valence-electron chi connectivity index (χ4n) is 2.05. The van der Waals surface area contributed by atoms with Crippen molar-refractivity contribution in [2.24, 2.45) is 0 Å². The zero-order valence-corrected chi connectivity index (χ0v) is 11.3. The van der Waals surface area contributed by atoms with Gasteiger partial charge in [0.15, 0.2) is 0 Å². The number of nitrogens with zero attached hydrogens (tertiary/aromatic N) is 3. The van der Waals surface area contributed by atoms with Crippen LogP contribution < -0.4 is 5.56 Å². The van der Waals surface area contributed by atoms with Gasteiger partial charge in [0.2, 0.25) is 0 Å². The molecule has 7 heteroatoms. The molecule has 0 radical (unpaired) electrons. The second-order valence-electron chi connectivity index (χ2n) is 4.33. The van der Waals surface area contributed by atoms with Crippen LogP contribution >= 0.6 is 11.6 Å². The van der Waals surface area contributed by atoms with Crippen molar-refractivity contribution in [3.63, 3.8) is 0 Å². The number of nitro benzene ring substituents is 1. The predicted octanol–water partition coefficient (Wildman–Crippen LogP) is 2.95. The van der Waals surface area contributed by atoms with Gasteiger partial charge >= 0.3 is 0 Å². The van der Waals surface area contributed by atoms with Crippen molar-refractivity contribution in [3.05, 3.63) is 74.3 Å². The van der Waals surface area contributed by atoms with Crippen molar-refractivity contribution in [1.29, 1.82) is 0 Å². The summed E-state index contributed by atoms with van der Waals surface area (Å²) in [7, 11) is 0. The molecule has 21 heavy (non-hydrogen) atoms. The van der Waals surface area contributed by atoms with E-state index < -0.39 is 4.92 Å². The Morgan fingerprint density at radius 3 is 2.67 bits per heavy atom. The molecule has 1 aromatic heterocycles. The Labute approximate surface area is 123 Å². The summed E-state index contributed by atoms with van der Waals surface area (Å²) in [6.45, 7) is 0. The summed E-state index contributed by atoms with van der Waals surface area (Å²) in [6.07, 6.45) is 1.36. The Balaban J connectivity index is 2.24. The maximum Gasteiger partial charge on any atom is 0.271 e. The van der Waals surface area contributed by atoms with Crippen molar-refractivity contribution in [2.75, 3.05) is 0 Å². The number of aromatic nitrogens is 2. The summed E-state index contributed by atoms with van der Waals surface area (Å²) in [6, 6.07) is 10.9. The van der Waals surface area contributed by atoms with Gasteiger partial charge in [0.05, 0.1) is 26.5 Å². The van der Waals surface area contributed by atoms with Crippen LogP contribution in [0.2, 0.25) is 5.02 Å². The zero-order chi connectivity index (χ0) is 15.0. The highest BCUT2D eigenvalue weighted by Gasteiger charge is 2.13. The average molecular weight is 302 g/mol. The molecular weight excluding hydrogens is 294 g/mol. The molecule has 0 aliphatic heterocycles. The normalized spacial score (nSPS) is 10.7. The van der Waals surface area contributed by atoms with E-state index in [4.69, 9.17) is 11.6 Å². The fourth-order valence-corrected chi connectivity index (χ4v) is 2.31. The number of hydrogen-bond donors (Lipinski definition) is 0. The third-order valence-electron chi connectivity index (χ3n) is 3.07. The molecule has 0 spiro atoms. The molecule has 0 aliphatic carbocycles. The molecule has 1 heterocycles. The standard InChI is InChI=1S/C14H8ClN3O3/c15-11-7-9(18(20)21)5-6-13(11)17-8-16-12-4-2-1-3-10(12)14(17)19/h1-8H. The van der Waals surface area contributed by atoms with Gasteiger partial charge in [-0.25, -0.2) is 4.98 Å². The van der Waals surface area contributed by atoms with Crippen LogP contribution in [0, 0.1) is 10.1 Å². The maximum atomic E-state index is 12.4. The van der Waals surface area contributed by atoms with Crippen LogP contribution in [0.25, 0.3) is 16.6 Å². The molecule has 6 nitrogen and oxygen atoms in total. The molecule has 0 amide bonds. The van der Waals surface area contributed by atoms with E-state index in [0.717, 1.165) is 0 Å². The molecule has 0 bridgehead atoms. The Kier molecular flexibility index (Phi) is 3.15. The van der Waals surface area contributed by atoms with Gasteiger partial charge in [0.25, 0.3) is 11.2 Å². The highest BCUT2D eigenvalue weighted by Crippen LogP contribution is 2.24. The first-order chi connectivity index (χ1) is 10.1. The first-order valence-corrected chi connectivity index (χ1v) is 6.36. The van der Waals surface area contributed by atoms with Crippen LogP contribution in [0.5, 0.6) is 0 Å². The van der Waals surface area contributed by atoms with E-state index >= 15 is 0 Å². The summed E-state index contributed by atoms with van der Waals surface area (Å²) in [5.74, 6) is 0. The molecule has 3 aromatic rings. The minimum atomic E-state index is -0.545. The van der Waals surface area contributed by atoms with E-state index in [1.165, 1.54) is 29.1 Å². The van der Waals surface area contributed by atoms with Crippen LogP contribution in [0.4, 0.5) is 5.69 Å². The number of fused-ring (bicyclic) bond motifs is 1. The van der Waals surface area contributed by atoms with Crippen LogP contribution in [-0.2, 0) is 0 Å². The highest BCUT2D eigenvalue weighted by atomic mass is 35.5. The highest BCUT2D eigenvalue weighted by molar-refractivity contribution is 6.32. The first-order valence-electron chi connectivity index (χ1n) is 5.98. The monoisotopic (exact) mass is 301 g/mol. The molecular formula is C14H8ClN3O3. The van der Waals surface area contributed by atoms with Gasteiger partial charge in [-0.05, 0) is 18.2 Å². The van der Waals surface area contributed by atoms with Gasteiger partial charge in [0.1, 0.15) is 6.33 Å². The lowest BCUT2D eigenvalue weighted by molar-refractivity contribution is -0.384. The van der Waals surface area contributed by atoms with Gasteiger partial charge in [-0.1, -0.05) is 23.7 Å². The van der Waals surface area contributed by atoms with Crippen LogP contribution in [0.3, 0.4) is 0 Å². The van der Waals surface area contributed by atoms with Crippen LogP contribution in [0.15, 0.2) is 53.6 Å². The van der Waals surface area contributed by atoms with Crippen molar-refractivity contribution < 1.29 is 4.92 Å². The van der Waals surface area contributed by atoms with Crippen molar-refractivity contribution in [1.82, 2.24) is 9.55 Å². The zero-order valence-electron chi connectivity index (χ0n) is 10.6. The second kappa shape index (κ2) is 4.99. The smallest absolute Gasteiger partial charge is 0.268 e. The third kappa shape index (κ3) is 2.25. The minimum absolute atomic E-state index is 0.114. The molecule has 0 saturated heterocycles. The Morgan fingerprint density at radius 2 is 1.95 bits per heavy atom. The number of nitro groups is 1. The van der Waals surface area contributed by atoms with Crippen LogP contribution in [0.1, 0.15) is 0 Å². The predicted molar refractivity (Wildman–Crippen MR) is 79.0 cm³/mol. The summed E-state index contributed by atoms with van der Waals surface area (Å²) in [5.41, 5.74) is 0.518. The Bertz CT molecular complexity index is 921. The van der Waals surface area contributed by atoms with Gasteiger partial charge in [-0.15, -0.1) is 0 Å². The summed E-state index contributed by atoms with van der Waals surface area (Å²) in [5, 5.41) is 11.3.